The van der Waals surface area contributed by atoms with Crippen molar-refractivity contribution in [2.75, 3.05) is 0 Å². The van der Waals surface area contributed by atoms with Crippen LogP contribution in [0.4, 0.5) is 4.79 Å². The van der Waals surface area contributed by atoms with Crippen molar-refractivity contribution < 1.29 is 9.53 Å². The van der Waals surface area contributed by atoms with Gasteiger partial charge >= 0.3 is 6.09 Å². The molecule has 0 saturated heterocycles. The Morgan fingerprint density at radius 2 is 1.86 bits per heavy atom. The highest BCUT2D eigenvalue weighted by molar-refractivity contribution is 7.80. The molecule has 0 radical (unpaired) electrons. The van der Waals surface area contributed by atoms with Crippen molar-refractivity contribution >= 4 is 23.4 Å². The molecule has 82 valence electrons. The van der Waals surface area contributed by atoms with Crippen molar-refractivity contribution in [2.24, 2.45) is 5.73 Å². The first-order chi connectivity index (χ1) is 6.15. The summed E-state index contributed by atoms with van der Waals surface area (Å²) in [5, 5.41) is 0.0363. The minimum atomic E-state index is -0.533. The molecule has 0 aliphatic heterocycles. The van der Waals surface area contributed by atoms with Crippen LogP contribution in [0.2, 0.25) is 0 Å². The number of nitrogens with two attached hydrogens (primary N) is 1. The summed E-state index contributed by atoms with van der Waals surface area (Å²) in [5.74, 6) is 0. The van der Waals surface area contributed by atoms with Crippen molar-refractivity contribution in [1.29, 1.82) is 0 Å². The van der Waals surface area contributed by atoms with Crippen molar-refractivity contribution in [2.45, 2.75) is 46.3 Å². The Kier molecular flexibility index (Phi) is 4.32. The van der Waals surface area contributed by atoms with Crippen LogP contribution in [0.25, 0.3) is 0 Å². The fraction of sp³-hybridized carbons (Fsp3) is 0.778. The first-order valence-corrected chi connectivity index (χ1v) is 4.87. The maximum Gasteiger partial charge on any atom is 0.416 e. The van der Waals surface area contributed by atoms with E-state index in [1.54, 1.807) is 20.8 Å². The molecule has 1 amide bonds. The smallest absolute Gasteiger partial charge is 0.416 e. The lowest BCUT2D eigenvalue weighted by Crippen LogP contribution is -2.47. The second kappa shape index (κ2) is 4.59. The normalized spacial score (nSPS) is 11.3. The average Bonchev–Trinajstić information content (AvgIpc) is 1.78. The van der Waals surface area contributed by atoms with E-state index in [4.69, 9.17) is 22.7 Å². The van der Waals surface area contributed by atoms with Crippen molar-refractivity contribution in [3.63, 3.8) is 0 Å². The number of hydrogen-bond acceptors (Lipinski definition) is 3. The highest BCUT2D eigenvalue weighted by atomic mass is 32.1. The molecule has 0 aliphatic rings. The molecular formula is C9H18N2O2S. The molecular weight excluding hydrogens is 200 g/mol. The molecule has 5 heteroatoms. The van der Waals surface area contributed by atoms with E-state index in [9.17, 15) is 4.79 Å². The summed E-state index contributed by atoms with van der Waals surface area (Å²) in [4.78, 5) is 12.8. The summed E-state index contributed by atoms with van der Waals surface area (Å²) in [6.45, 7) is 9.03. The average molecular weight is 218 g/mol. The fourth-order valence-electron chi connectivity index (χ4n) is 0.866. The van der Waals surface area contributed by atoms with Crippen molar-refractivity contribution in [3.8, 4) is 0 Å². The number of ether oxygens (including phenoxy) is 1. The lowest BCUT2D eigenvalue weighted by Gasteiger charge is -2.28. The second-order valence-electron chi connectivity index (χ2n) is 4.28. The quantitative estimate of drug-likeness (QED) is 0.683. The SMILES string of the molecule is CC(C)N(C(=O)OC(C)(C)C)C(N)=S. The van der Waals surface area contributed by atoms with Crippen LogP contribution in [0, 0.1) is 0 Å². The van der Waals surface area contributed by atoms with Crippen LogP contribution in [0.3, 0.4) is 0 Å². The van der Waals surface area contributed by atoms with E-state index < -0.39 is 11.7 Å². The highest BCUT2D eigenvalue weighted by Crippen LogP contribution is 2.11. The van der Waals surface area contributed by atoms with Gasteiger partial charge in [0, 0.05) is 6.04 Å². The number of carbonyl (C=O) groups excluding carboxylic acids is 1. The van der Waals surface area contributed by atoms with E-state index in [1.807, 2.05) is 13.8 Å². The zero-order valence-electron chi connectivity index (χ0n) is 9.33. The van der Waals surface area contributed by atoms with Crippen molar-refractivity contribution in [1.82, 2.24) is 4.90 Å². The van der Waals surface area contributed by atoms with Gasteiger partial charge in [-0.3, -0.25) is 4.90 Å². The van der Waals surface area contributed by atoms with Gasteiger partial charge in [0.2, 0.25) is 0 Å². The van der Waals surface area contributed by atoms with Gasteiger partial charge in [0.25, 0.3) is 0 Å². The Morgan fingerprint density at radius 3 is 2.07 bits per heavy atom. The topological polar surface area (TPSA) is 55.6 Å². The maximum atomic E-state index is 11.6. The lowest BCUT2D eigenvalue weighted by atomic mass is 10.2. The van der Waals surface area contributed by atoms with Gasteiger partial charge in [0.1, 0.15) is 5.60 Å². The predicted molar refractivity (Wildman–Crippen MR) is 60.0 cm³/mol. The first-order valence-electron chi connectivity index (χ1n) is 4.47. The zero-order valence-corrected chi connectivity index (χ0v) is 10.1. The third kappa shape index (κ3) is 4.41. The van der Waals surface area contributed by atoms with Gasteiger partial charge in [-0.1, -0.05) is 0 Å². The van der Waals surface area contributed by atoms with Crippen LogP contribution in [0.5, 0.6) is 0 Å². The maximum absolute atomic E-state index is 11.6. The van der Waals surface area contributed by atoms with Crippen LogP contribution in [0.15, 0.2) is 0 Å². The van der Waals surface area contributed by atoms with Gasteiger partial charge in [0.05, 0.1) is 0 Å². The molecule has 4 nitrogen and oxygen atoms in total. The van der Waals surface area contributed by atoms with Gasteiger partial charge in [-0.15, -0.1) is 0 Å². The van der Waals surface area contributed by atoms with E-state index >= 15 is 0 Å². The standard InChI is InChI=1S/C9H18N2O2S/c1-6(2)11(7(10)14)8(12)13-9(3,4)5/h6H,1-5H3,(H2,10,14). The summed E-state index contributed by atoms with van der Waals surface area (Å²) >= 11 is 4.76. The van der Waals surface area contributed by atoms with E-state index in [2.05, 4.69) is 0 Å². The van der Waals surface area contributed by atoms with Crippen LogP contribution >= 0.6 is 12.2 Å². The Morgan fingerprint density at radius 1 is 1.43 bits per heavy atom. The molecule has 0 saturated carbocycles. The van der Waals surface area contributed by atoms with Gasteiger partial charge in [-0.2, -0.15) is 0 Å². The summed E-state index contributed by atoms with van der Waals surface area (Å²) in [6, 6.07) is -0.0950. The second-order valence-corrected chi connectivity index (χ2v) is 4.70. The molecule has 0 aromatic rings. The minimum Gasteiger partial charge on any atom is -0.443 e. The Balaban J connectivity index is 4.55. The molecule has 0 unspecified atom stereocenters. The van der Waals surface area contributed by atoms with Crippen LogP contribution in [-0.2, 0) is 4.74 Å². The molecule has 0 aromatic heterocycles. The largest absolute Gasteiger partial charge is 0.443 e. The molecule has 0 fully saturated rings. The van der Waals surface area contributed by atoms with E-state index in [-0.39, 0.29) is 11.2 Å². The molecule has 0 rings (SSSR count). The zero-order chi connectivity index (χ0) is 11.5. The minimum absolute atomic E-state index is 0.0363. The fourth-order valence-corrected chi connectivity index (χ4v) is 1.15. The van der Waals surface area contributed by atoms with Crippen LogP contribution in [-0.4, -0.2) is 27.7 Å². The van der Waals surface area contributed by atoms with Crippen LogP contribution in [0.1, 0.15) is 34.6 Å². The van der Waals surface area contributed by atoms with Gasteiger partial charge in [0.15, 0.2) is 5.11 Å². The van der Waals surface area contributed by atoms with Crippen LogP contribution < -0.4 is 5.73 Å². The molecule has 0 atom stereocenters. The van der Waals surface area contributed by atoms with Crippen molar-refractivity contribution in [3.05, 3.63) is 0 Å². The summed E-state index contributed by atoms with van der Waals surface area (Å²) in [5.41, 5.74) is 4.88. The summed E-state index contributed by atoms with van der Waals surface area (Å²) in [7, 11) is 0. The molecule has 0 spiro atoms. The van der Waals surface area contributed by atoms with Gasteiger partial charge in [-0.25, -0.2) is 4.79 Å². The molecule has 14 heavy (non-hydrogen) atoms. The first kappa shape index (κ1) is 13.2. The Labute approximate surface area is 90.4 Å². The lowest BCUT2D eigenvalue weighted by molar-refractivity contribution is 0.0334. The Hall–Kier alpha value is -0.840. The van der Waals surface area contributed by atoms with E-state index in [0.29, 0.717) is 0 Å². The molecule has 0 bridgehead atoms. The number of hydrogen-bond donors (Lipinski definition) is 1. The monoisotopic (exact) mass is 218 g/mol. The van der Waals surface area contributed by atoms with Gasteiger partial charge in [-0.05, 0) is 46.8 Å². The third-order valence-corrected chi connectivity index (χ3v) is 1.54. The van der Waals surface area contributed by atoms with E-state index in [1.165, 1.54) is 4.90 Å². The predicted octanol–water partition coefficient (Wildman–Crippen LogP) is 1.88. The molecule has 0 aliphatic carbocycles. The summed E-state index contributed by atoms with van der Waals surface area (Å²) in [6.07, 6.45) is -0.500. The molecule has 0 aromatic carbocycles. The third-order valence-electron chi connectivity index (χ3n) is 1.34. The number of nitrogens with zero attached hydrogens (tertiary/aromatic N) is 1. The van der Waals surface area contributed by atoms with Gasteiger partial charge < -0.3 is 10.5 Å². The number of thiocarbonyl (C=S) groups is 1. The highest BCUT2D eigenvalue weighted by Gasteiger charge is 2.25. The number of carbonyl (C=O) groups is 1. The van der Waals surface area contributed by atoms with E-state index in [0.717, 1.165) is 0 Å². The number of amides is 1. The summed E-state index contributed by atoms with van der Waals surface area (Å²) < 4.78 is 5.14. The molecule has 0 heterocycles. The Bertz CT molecular complexity index is 233. The molecule has 2 N–H and O–H groups in total. The number of rotatable bonds is 1.